The van der Waals surface area contributed by atoms with Crippen LogP contribution in [0.3, 0.4) is 0 Å². The third kappa shape index (κ3) is 6.12. The molecular formula is C16H27ClN2O3. The van der Waals surface area contributed by atoms with Crippen molar-refractivity contribution in [2.24, 2.45) is 11.7 Å². The molecule has 0 saturated heterocycles. The maximum atomic E-state index is 12.2. The zero-order valence-electron chi connectivity index (χ0n) is 13.9. The molecule has 0 fully saturated rings. The Morgan fingerprint density at radius 2 is 1.95 bits per heavy atom. The molecule has 0 atom stereocenters. The van der Waals surface area contributed by atoms with Crippen molar-refractivity contribution in [1.29, 1.82) is 0 Å². The lowest BCUT2D eigenvalue weighted by Crippen LogP contribution is -2.48. The Kier molecular flexibility index (Phi) is 8.27. The molecule has 0 saturated carbocycles. The number of nitrogens with one attached hydrogen (secondary N) is 1. The first kappa shape index (κ1) is 20.5. The lowest BCUT2D eigenvalue weighted by Gasteiger charge is -2.24. The zero-order chi connectivity index (χ0) is 16.0. The summed E-state index contributed by atoms with van der Waals surface area (Å²) >= 11 is 0. The lowest BCUT2D eigenvalue weighted by atomic mass is 10.1. The van der Waals surface area contributed by atoms with Crippen molar-refractivity contribution in [3.05, 3.63) is 23.8 Å². The molecule has 0 unspecified atom stereocenters. The Morgan fingerprint density at radius 1 is 1.32 bits per heavy atom. The van der Waals surface area contributed by atoms with Crippen molar-refractivity contribution in [1.82, 2.24) is 5.32 Å². The van der Waals surface area contributed by atoms with E-state index >= 15 is 0 Å². The number of benzene rings is 1. The number of hydrogen-bond acceptors (Lipinski definition) is 4. The number of methoxy groups -OCH3 is 1. The number of carbonyl (C=O) groups is 1. The highest BCUT2D eigenvalue weighted by molar-refractivity contribution is 5.95. The van der Waals surface area contributed by atoms with Crippen LogP contribution in [0.4, 0.5) is 0 Å². The smallest absolute Gasteiger partial charge is 0.251 e. The number of hydrogen-bond donors (Lipinski definition) is 2. The van der Waals surface area contributed by atoms with Gasteiger partial charge in [-0.25, -0.2) is 0 Å². The number of rotatable bonds is 7. The van der Waals surface area contributed by atoms with E-state index in [-0.39, 0.29) is 18.3 Å². The molecule has 0 aliphatic heterocycles. The van der Waals surface area contributed by atoms with Gasteiger partial charge in [0, 0.05) is 17.6 Å². The number of nitrogens with two attached hydrogens (primary N) is 1. The molecule has 1 aromatic carbocycles. The van der Waals surface area contributed by atoms with Crippen molar-refractivity contribution in [2.45, 2.75) is 33.2 Å². The quantitative estimate of drug-likeness (QED) is 0.806. The van der Waals surface area contributed by atoms with Gasteiger partial charge in [-0.15, -0.1) is 12.4 Å². The summed E-state index contributed by atoms with van der Waals surface area (Å²) in [5.41, 5.74) is 5.69. The van der Waals surface area contributed by atoms with Gasteiger partial charge in [-0.2, -0.15) is 0 Å². The maximum Gasteiger partial charge on any atom is 0.251 e. The predicted molar refractivity (Wildman–Crippen MR) is 91.2 cm³/mol. The summed E-state index contributed by atoms with van der Waals surface area (Å²) in [7, 11) is 1.56. The number of halogens is 1. The number of ether oxygens (including phenoxy) is 2. The molecule has 3 N–H and O–H groups in total. The normalized spacial score (nSPS) is 10.9. The number of carbonyl (C=O) groups excluding carboxylic acids is 1. The lowest BCUT2D eigenvalue weighted by molar-refractivity contribution is 0.0915. The first-order chi connectivity index (χ1) is 9.79. The van der Waals surface area contributed by atoms with Crippen LogP contribution in [0.1, 0.15) is 38.1 Å². The predicted octanol–water partition coefficient (Wildman–Crippen LogP) is 2.62. The average molecular weight is 331 g/mol. The molecular weight excluding hydrogens is 304 g/mol. The van der Waals surface area contributed by atoms with E-state index in [9.17, 15) is 4.79 Å². The fourth-order valence-corrected chi connectivity index (χ4v) is 1.62. The zero-order valence-corrected chi connectivity index (χ0v) is 14.8. The van der Waals surface area contributed by atoms with E-state index in [1.54, 1.807) is 25.3 Å². The third-order valence-corrected chi connectivity index (χ3v) is 2.96. The molecule has 5 nitrogen and oxygen atoms in total. The second-order valence-corrected chi connectivity index (χ2v) is 6.11. The van der Waals surface area contributed by atoms with Crippen LogP contribution in [0.5, 0.6) is 11.5 Å². The van der Waals surface area contributed by atoms with Crippen molar-refractivity contribution >= 4 is 18.3 Å². The molecule has 0 heterocycles. The Labute approximate surface area is 139 Å². The van der Waals surface area contributed by atoms with Gasteiger partial charge in [-0.3, -0.25) is 4.79 Å². The maximum absolute atomic E-state index is 12.2. The topological polar surface area (TPSA) is 73.6 Å². The first-order valence-electron chi connectivity index (χ1n) is 7.12. The van der Waals surface area contributed by atoms with Gasteiger partial charge < -0.3 is 20.5 Å². The molecule has 0 bridgehead atoms. The van der Waals surface area contributed by atoms with Crippen LogP contribution in [0.15, 0.2) is 18.2 Å². The summed E-state index contributed by atoms with van der Waals surface area (Å²) in [6.07, 6.45) is 0. The minimum absolute atomic E-state index is 0. The monoisotopic (exact) mass is 330 g/mol. The molecule has 0 radical (unpaired) electrons. The Bertz CT molecular complexity index is 490. The van der Waals surface area contributed by atoms with E-state index in [0.717, 1.165) is 0 Å². The van der Waals surface area contributed by atoms with Gasteiger partial charge >= 0.3 is 0 Å². The van der Waals surface area contributed by atoms with Gasteiger partial charge in [0.2, 0.25) is 0 Å². The second-order valence-electron chi connectivity index (χ2n) is 6.11. The number of amides is 1. The minimum Gasteiger partial charge on any atom is -0.493 e. The summed E-state index contributed by atoms with van der Waals surface area (Å²) in [6.45, 7) is 8.87. The van der Waals surface area contributed by atoms with E-state index in [2.05, 4.69) is 19.2 Å². The van der Waals surface area contributed by atoms with Crippen molar-refractivity contribution in [3.8, 4) is 11.5 Å². The van der Waals surface area contributed by atoms with Crippen LogP contribution in [0, 0.1) is 5.92 Å². The molecule has 0 aromatic heterocycles. The Balaban J connectivity index is 0.00000441. The first-order valence-corrected chi connectivity index (χ1v) is 7.12. The summed E-state index contributed by atoms with van der Waals surface area (Å²) in [5, 5.41) is 2.88. The van der Waals surface area contributed by atoms with Gasteiger partial charge in [0.25, 0.3) is 5.91 Å². The van der Waals surface area contributed by atoms with Gasteiger partial charge in [0.05, 0.1) is 13.7 Å². The SMILES string of the molecule is COc1cc(C(=O)NC(C)(C)CN)ccc1OCC(C)C.Cl. The van der Waals surface area contributed by atoms with Crippen molar-refractivity contribution in [2.75, 3.05) is 20.3 Å². The molecule has 126 valence electrons. The van der Waals surface area contributed by atoms with Crippen molar-refractivity contribution < 1.29 is 14.3 Å². The summed E-state index contributed by atoms with van der Waals surface area (Å²) in [4.78, 5) is 12.2. The molecule has 6 heteroatoms. The molecule has 0 aliphatic carbocycles. The molecule has 0 aliphatic rings. The third-order valence-electron chi connectivity index (χ3n) is 2.96. The minimum atomic E-state index is -0.447. The van der Waals surface area contributed by atoms with E-state index in [1.807, 2.05) is 13.8 Å². The summed E-state index contributed by atoms with van der Waals surface area (Å²) < 4.78 is 11.0. The van der Waals surface area contributed by atoms with Crippen LogP contribution >= 0.6 is 12.4 Å². The van der Waals surface area contributed by atoms with Crippen molar-refractivity contribution in [3.63, 3.8) is 0 Å². The second kappa shape index (κ2) is 8.86. The summed E-state index contributed by atoms with van der Waals surface area (Å²) in [6, 6.07) is 5.16. The molecule has 1 aromatic rings. The van der Waals surface area contributed by atoms with Gasteiger partial charge in [-0.05, 0) is 38.0 Å². The highest BCUT2D eigenvalue weighted by Gasteiger charge is 2.20. The van der Waals surface area contributed by atoms with Crippen LogP contribution in [0.2, 0.25) is 0 Å². The van der Waals surface area contributed by atoms with Crippen LogP contribution in [-0.4, -0.2) is 31.7 Å². The highest BCUT2D eigenvalue weighted by atomic mass is 35.5. The highest BCUT2D eigenvalue weighted by Crippen LogP contribution is 2.28. The fourth-order valence-electron chi connectivity index (χ4n) is 1.62. The average Bonchev–Trinajstić information content (AvgIpc) is 2.44. The van der Waals surface area contributed by atoms with Gasteiger partial charge in [-0.1, -0.05) is 13.8 Å². The standard InChI is InChI=1S/C16H26N2O3.ClH/c1-11(2)9-21-13-7-6-12(8-14(13)20-5)15(19)18-16(3,4)10-17;/h6-8,11H,9-10,17H2,1-5H3,(H,18,19);1H. The summed E-state index contributed by atoms with van der Waals surface area (Å²) in [5.74, 6) is 1.43. The largest absolute Gasteiger partial charge is 0.493 e. The molecule has 0 spiro atoms. The Hall–Kier alpha value is -1.46. The fraction of sp³-hybridized carbons (Fsp3) is 0.562. The van der Waals surface area contributed by atoms with Crippen LogP contribution in [0.25, 0.3) is 0 Å². The van der Waals surface area contributed by atoms with E-state index in [0.29, 0.717) is 36.1 Å². The van der Waals surface area contributed by atoms with Gasteiger partial charge in [0.15, 0.2) is 11.5 Å². The van der Waals surface area contributed by atoms with E-state index in [4.69, 9.17) is 15.2 Å². The van der Waals surface area contributed by atoms with E-state index in [1.165, 1.54) is 0 Å². The van der Waals surface area contributed by atoms with Gasteiger partial charge in [0.1, 0.15) is 0 Å². The molecule has 22 heavy (non-hydrogen) atoms. The Morgan fingerprint density at radius 3 is 2.45 bits per heavy atom. The van der Waals surface area contributed by atoms with E-state index < -0.39 is 5.54 Å². The van der Waals surface area contributed by atoms with Crippen LogP contribution in [-0.2, 0) is 0 Å². The molecule has 1 amide bonds. The van der Waals surface area contributed by atoms with Crippen LogP contribution < -0.4 is 20.5 Å². The molecule has 1 rings (SSSR count).